The van der Waals surface area contributed by atoms with Crippen molar-refractivity contribution in [1.29, 1.82) is 0 Å². The van der Waals surface area contributed by atoms with Gasteiger partial charge in [-0.05, 0) is 42.2 Å². The molecule has 0 heterocycles. The number of sulfonamides is 1. The number of nitrogens with one attached hydrogen (secondary N) is 1. The van der Waals surface area contributed by atoms with E-state index in [-0.39, 0.29) is 34.2 Å². The molecule has 0 aromatic heterocycles. The summed E-state index contributed by atoms with van der Waals surface area (Å²) < 4.78 is 33.7. The maximum Gasteiger partial charge on any atom is 0.254 e. The molecule has 6 nitrogen and oxygen atoms in total. The van der Waals surface area contributed by atoms with Gasteiger partial charge in [-0.15, -0.1) is 0 Å². The van der Waals surface area contributed by atoms with Crippen LogP contribution in [0.4, 0.5) is 0 Å². The Morgan fingerprint density at radius 3 is 2.03 bits per heavy atom. The molecular weight excluding hydrogens is 424 g/mol. The van der Waals surface area contributed by atoms with Gasteiger partial charge in [-0.3, -0.25) is 4.79 Å². The highest BCUT2D eigenvalue weighted by atomic mass is 32.2. The Morgan fingerprint density at radius 1 is 0.969 bits per heavy atom. The summed E-state index contributed by atoms with van der Waals surface area (Å²) in [6.45, 7) is 0. The average Bonchev–Trinajstić information content (AvgIpc) is 3.63. The number of amides is 1. The first-order chi connectivity index (χ1) is 15.4. The molecular formula is C25H26N2O4S. The van der Waals surface area contributed by atoms with Crippen molar-refractivity contribution < 1.29 is 17.9 Å². The lowest BCUT2D eigenvalue weighted by Gasteiger charge is -2.29. The molecule has 1 saturated carbocycles. The molecule has 1 fully saturated rings. The number of nitrogens with zero attached hydrogens (tertiary/aromatic N) is 1. The Kier molecular flexibility index (Phi) is 6.30. The Morgan fingerprint density at radius 2 is 1.53 bits per heavy atom. The van der Waals surface area contributed by atoms with Crippen LogP contribution in [0.1, 0.15) is 40.4 Å². The van der Waals surface area contributed by atoms with E-state index in [0.29, 0.717) is 0 Å². The highest BCUT2D eigenvalue weighted by molar-refractivity contribution is 7.89. The summed E-state index contributed by atoms with van der Waals surface area (Å²) in [7, 11) is -0.645. The van der Waals surface area contributed by atoms with E-state index in [0.717, 1.165) is 24.0 Å². The highest BCUT2D eigenvalue weighted by Gasteiger charge is 2.31. The first-order valence-corrected chi connectivity index (χ1v) is 12.0. The maximum absolute atomic E-state index is 13.5. The molecule has 0 radical (unpaired) electrons. The maximum atomic E-state index is 13.5. The van der Waals surface area contributed by atoms with Gasteiger partial charge in [0.05, 0.1) is 13.2 Å². The SMILES string of the molecule is COc1ccc(C(=O)N(C)C(c2ccccc2)c2ccccc2)cc1S(=O)(=O)NC1CC1. The molecule has 32 heavy (non-hydrogen) atoms. The van der Waals surface area contributed by atoms with Gasteiger partial charge in [0.1, 0.15) is 10.6 Å². The minimum atomic E-state index is -3.79. The first-order valence-electron chi connectivity index (χ1n) is 10.5. The van der Waals surface area contributed by atoms with Crippen LogP contribution in [-0.2, 0) is 10.0 Å². The van der Waals surface area contributed by atoms with Crippen LogP contribution in [0.3, 0.4) is 0 Å². The third kappa shape index (κ3) is 4.69. The van der Waals surface area contributed by atoms with Gasteiger partial charge < -0.3 is 9.64 Å². The van der Waals surface area contributed by atoms with Crippen molar-refractivity contribution in [1.82, 2.24) is 9.62 Å². The van der Waals surface area contributed by atoms with Gasteiger partial charge in [0.2, 0.25) is 10.0 Å². The van der Waals surface area contributed by atoms with Crippen LogP contribution >= 0.6 is 0 Å². The van der Waals surface area contributed by atoms with Gasteiger partial charge in [-0.1, -0.05) is 60.7 Å². The first kappa shape index (κ1) is 22.0. The number of hydrogen-bond acceptors (Lipinski definition) is 4. The number of hydrogen-bond donors (Lipinski definition) is 1. The van der Waals surface area contributed by atoms with Crippen molar-refractivity contribution in [3.63, 3.8) is 0 Å². The predicted molar refractivity (Wildman–Crippen MR) is 123 cm³/mol. The summed E-state index contributed by atoms with van der Waals surface area (Å²) in [6, 6.07) is 23.7. The minimum absolute atomic E-state index is 0.0258. The fraction of sp³-hybridized carbons (Fsp3) is 0.240. The molecule has 3 aromatic carbocycles. The van der Waals surface area contributed by atoms with Crippen LogP contribution in [0.15, 0.2) is 83.8 Å². The van der Waals surface area contributed by atoms with Gasteiger partial charge in [0.25, 0.3) is 5.91 Å². The fourth-order valence-electron chi connectivity index (χ4n) is 3.74. The second-order valence-corrected chi connectivity index (χ2v) is 9.58. The van der Waals surface area contributed by atoms with E-state index in [1.165, 1.54) is 19.2 Å². The summed E-state index contributed by atoms with van der Waals surface area (Å²) in [4.78, 5) is 15.1. The monoisotopic (exact) mass is 450 g/mol. The van der Waals surface area contributed by atoms with E-state index in [1.807, 2.05) is 60.7 Å². The van der Waals surface area contributed by atoms with Crippen molar-refractivity contribution in [2.45, 2.75) is 29.8 Å². The van der Waals surface area contributed by atoms with Crippen LogP contribution in [0.2, 0.25) is 0 Å². The third-order valence-electron chi connectivity index (χ3n) is 5.54. The van der Waals surface area contributed by atoms with Gasteiger partial charge in [-0.2, -0.15) is 0 Å². The molecule has 166 valence electrons. The summed E-state index contributed by atoms with van der Waals surface area (Å²) in [5.41, 5.74) is 2.21. The second-order valence-electron chi connectivity index (χ2n) is 7.90. The molecule has 7 heteroatoms. The van der Waals surface area contributed by atoms with Crippen molar-refractivity contribution in [2.24, 2.45) is 0 Å². The van der Waals surface area contributed by atoms with Gasteiger partial charge in [-0.25, -0.2) is 13.1 Å². The predicted octanol–water partition coefficient (Wildman–Crippen LogP) is 4.00. The largest absolute Gasteiger partial charge is 0.495 e. The summed E-state index contributed by atoms with van der Waals surface area (Å²) in [6.07, 6.45) is 1.64. The highest BCUT2D eigenvalue weighted by Crippen LogP contribution is 2.31. The van der Waals surface area contributed by atoms with Gasteiger partial charge in [0, 0.05) is 18.7 Å². The topological polar surface area (TPSA) is 75.7 Å². The average molecular weight is 451 g/mol. The van der Waals surface area contributed by atoms with E-state index in [1.54, 1.807) is 18.0 Å². The standard InChI is InChI=1S/C25H26N2O4S/c1-27(24(18-9-5-3-6-10-18)19-11-7-4-8-12-19)25(28)20-13-16-22(31-2)23(17-20)32(29,30)26-21-14-15-21/h3-13,16-17,21,24,26H,14-15H2,1-2H3. The van der Waals surface area contributed by atoms with E-state index in [9.17, 15) is 13.2 Å². The Labute approximate surface area is 188 Å². The summed E-state index contributed by atoms with van der Waals surface area (Å²) >= 11 is 0. The molecule has 0 aliphatic heterocycles. The zero-order valence-corrected chi connectivity index (χ0v) is 18.9. The number of carbonyl (C=O) groups excluding carboxylic acids is 1. The molecule has 1 amide bonds. The number of benzene rings is 3. The Balaban J connectivity index is 1.71. The third-order valence-corrected chi connectivity index (χ3v) is 7.08. The van der Waals surface area contributed by atoms with Crippen LogP contribution in [0.5, 0.6) is 5.75 Å². The number of rotatable bonds is 8. The lowest BCUT2D eigenvalue weighted by atomic mass is 9.97. The van der Waals surface area contributed by atoms with E-state index in [2.05, 4.69) is 4.72 Å². The number of methoxy groups -OCH3 is 1. The Bertz CT molecular complexity index is 1150. The van der Waals surface area contributed by atoms with Crippen molar-refractivity contribution >= 4 is 15.9 Å². The lowest BCUT2D eigenvalue weighted by Crippen LogP contribution is -2.32. The summed E-state index contributed by atoms with van der Waals surface area (Å²) in [5, 5.41) is 0. The van der Waals surface area contributed by atoms with Gasteiger partial charge >= 0.3 is 0 Å². The summed E-state index contributed by atoms with van der Waals surface area (Å²) in [5.74, 6) is -0.0757. The van der Waals surface area contributed by atoms with E-state index < -0.39 is 10.0 Å². The number of ether oxygens (including phenoxy) is 1. The van der Waals surface area contributed by atoms with Crippen molar-refractivity contribution in [2.75, 3.05) is 14.2 Å². The molecule has 0 unspecified atom stereocenters. The number of carbonyl (C=O) groups is 1. The van der Waals surface area contributed by atoms with Crippen LogP contribution in [0.25, 0.3) is 0 Å². The fourth-order valence-corrected chi connectivity index (χ4v) is 5.23. The lowest BCUT2D eigenvalue weighted by molar-refractivity contribution is 0.0755. The van der Waals surface area contributed by atoms with E-state index >= 15 is 0 Å². The molecule has 0 bridgehead atoms. The molecule has 3 aromatic rings. The normalized spacial score (nSPS) is 13.7. The second kappa shape index (κ2) is 9.14. The molecule has 1 aliphatic rings. The van der Waals surface area contributed by atoms with E-state index in [4.69, 9.17) is 4.74 Å². The molecule has 0 saturated heterocycles. The molecule has 0 atom stereocenters. The Hall–Kier alpha value is -3.16. The van der Waals surface area contributed by atoms with Crippen molar-refractivity contribution in [3.05, 3.63) is 95.6 Å². The molecule has 1 aliphatic carbocycles. The van der Waals surface area contributed by atoms with Crippen molar-refractivity contribution in [3.8, 4) is 5.75 Å². The minimum Gasteiger partial charge on any atom is -0.495 e. The molecule has 4 rings (SSSR count). The van der Waals surface area contributed by atoms with Crippen LogP contribution in [-0.4, -0.2) is 39.4 Å². The smallest absolute Gasteiger partial charge is 0.254 e. The zero-order chi connectivity index (χ0) is 22.7. The van der Waals surface area contributed by atoms with Crippen LogP contribution < -0.4 is 9.46 Å². The zero-order valence-electron chi connectivity index (χ0n) is 18.1. The van der Waals surface area contributed by atoms with Crippen LogP contribution in [0, 0.1) is 0 Å². The van der Waals surface area contributed by atoms with Gasteiger partial charge in [0.15, 0.2) is 0 Å². The molecule has 0 spiro atoms. The quantitative estimate of drug-likeness (QED) is 0.563. The molecule has 1 N–H and O–H groups in total.